The number of sulfonamides is 1. The molecule has 2 aromatic carbocycles. The van der Waals surface area contributed by atoms with Gasteiger partial charge >= 0.3 is 0 Å². The largest absolute Gasteiger partial charge is 0.316 e. The minimum atomic E-state index is -3.65. The van der Waals surface area contributed by atoms with Gasteiger partial charge in [0.25, 0.3) is 5.91 Å². The maximum absolute atomic E-state index is 12.6. The van der Waals surface area contributed by atoms with E-state index in [9.17, 15) is 13.2 Å². The molecule has 0 spiro atoms. The van der Waals surface area contributed by atoms with Gasteiger partial charge in [0, 0.05) is 36.0 Å². The molecule has 7 heteroatoms. The van der Waals surface area contributed by atoms with Crippen molar-refractivity contribution in [3.63, 3.8) is 0 Å². The maximum atomic E-state index is 12.6. The summed E-state index contributed by atoms with van der Waals surface area (Å²) in [4.78, 5) is 14.0. The van der Waals surface area contributed by atoms with Crippen molar-refractivity contribution >= 4 is 32.4 Å². The van der Waals surface area contributed by atoms with Gasteiger partial charge in [-0.2, -0.15) is 0 Å². The van der Waals surface area contributed by atoms with Crippen molar-refractivity contribution in [2.45, 2.75) is 17.9 Å². The number of likely N-dealkylation sites (N-methyl/N-ethyl adjacent to an activating group) is 1. The lowest BCUT2D eigenvalue weighted by molar-refractivity contribution is 0.0999. The lowest BCUT2D eigenvalue weighted by atomic mass is 10.1. The SMILES string of the molecule is CNC(C)CNS(=O)(=O)c1ccc2c3c(cccc13)C(=O)N2C. The Morgan fingerprint density at radius 2 is 1.96 bits per heavy atom. The second kappa shape index (κ2) is 5.59. The fourth-order valence-electron chi connectivity index (χ4n) is 2.76. The smallest absolute Gasteiger partial charge is 0.258 e. The van der Waals surface area contributed by atoms with Crippen LogP contribution >= 0.6 is 0 Å². The maximum Gasteiger partial charge on any atom is 0.258 e. The number of anilines is 1. The summed E-state index contributed by atoms with van der Waals surface area (Å²) >= 11 is 0. The summed E-state index contributed by atoms with van der Waals surface area (Å²) < 4.78 is 27.9. The Bertz CT molecular complexity index is 893. The van der Waals surface area contributed by atoms with E-state index >= 15 is 0 Å². The lowest BCUT2D eigenvalue weighted by Crippen LogP contribution is -2.37. The normalized spacial score (nSPS) is 15.4. The molecule has 6 nitrogen and oxygen atoms in total. The molecule has 2 aromatic rings. The molecule has 1 aliphatic rings. The minimum absolute atomic E-state index is 0.0225. The topological polar surface area (TPSA) is 78.5 Å². The van der Waals surface area contributed by atoms with Gasteiger partial charge in [-0.25, -0.2) is 13.1 Å². The second-order valence-corrected chi connectivity index (χ2v) is 7.45. The van der Waals surface area contributed by atoms with Crippen LogP contribution < -0.4 is 14.9 Å². The standard InChI is InChI=1S/C16H19N3O3S/c1-10(17-2)9-18-23(21,22)14-8-7-13-15-11(14)5-4-6-12(15)16(20)19(13)3/h4-8,10,17-18H,9H2,1-3H3. The van der Waals surface area contributed by atoms with Crippen molar-refractivity contribution in [2.75, 3.05) is 25.5 Å². The number of rotatable bonds is 5. The first-order valence-electron chi connectivity index (χ1n) is 7.37. The van der Waals surface area contributed by atoms with Gasteiger partial charge in [-0.15, -0.1) is 0 Å². The summed E-state index contributed by atoms with van der Waals surface area (Å²) in [7, 11) is -0.183. The molecule has 0 bridgehead atoms. The first kappa shape index (κ1) is 15.9. The molecular formula is C16H19N3O3S. The zero-order valence-corrected chi connectivity index (χ0v) is 14.1. The van der Waals surface area contributed by atoms with E-state index in [4.69, 9.17) is 0 Å². The molecule has 1 aliphatic heterocycles. The van der Waals surface area contributed by atoms with E-state index in [1.54, 1.807) is 49.3 Å². The number of nitrogens with one attached hydrogen (secondary N) is 2. The molecule has 0 aliphatic carbocycles. The van der Waals surface area contributed by atoms with Crippen molar-refractivity contribution in [1.29, 1.82) is 0 Å². The fourth-order valence-corrected chi connectivity index (χ4v) is 4.09. The lowest BCUT2D eigenvalue weighted by Gasteiger charge is -2.14. The molecule has 1 heterocycles. The van der Waals surface area contributed by atoms with Crippen LogP contribution in [0.15, 0.2) is 35.2 Å². The van der Waals surface area contributed by atoms with Crippen molar-refractivity contribution < 1.29 is 13.2 Å². The van der Waals surface area contributed by atoms with Gasteiger partial charge in [0.2, 0.25) is 10.0 Å². The number of carbonyl (C=O) groups excluding carboxylic acids is 1. The monoisotopic (exact) mass is 333 g/mol. The molecule has 0 fully saturated rings. The molecule has 0 saturated heterocycles. The predicted molar refractivity (Wildman–Crippen MR) is 90.4 cm³/mol. The Hall–Kier alpha value is -1.96. The summed E-state index contributed by atoms with van der Waals surface area (Å²) in [6.07, 6.45) is 0. The fraction of sp³-hybridized carbons (Fsp3) is 0.312. The van der Waals surface area contributed by atoms with Crippen molar-refractivity contribution in [3.8, 4) is 0 Å². The Morgan fingerprint density at radius 1 is 1.22 bits per heavy atom. The molecule has 1 atom stereocenters. The average Bonchev–Trinajstić information content (AvgIpc) is 2.80. The third-order valence-electron chi connectivity index (χ3n) is 4.24. The van der Waals surface area contributed by atoms with E-state index < -0.39 is 10.0 Å². The van der Waals surface area contributed by atoms with Crippen LogP contribution in [0, 0.1) is 0 Å². The van der Waals surface area contributed by atoms with Gasteiger partial charge in [-0.3, -0.25) is 4.79 Å². The third-order valence-corrected chi connectivity index (χ3v) is 5.72. The predicted octanol–water partition coefficient (Wildman–Crippen LogP) is 1.32. The summed E-state index contributed by atoms with van der Waals surface area (Å²) in [6, 6.07) is 8.45. The van der Waals surface area contributed by atoms with Crippen LogP contribution in [0.5, 0.6) is 0 Å². The number of carbonyl (C=O) groups is 1. The molecule has 1 unspecified atom stereocenters. The Kier molecular flexibility index (Phi) is 3.87. The van der Waals surface area contributed by atoms with E-state index in [1.807, 2.05) is 6.92 Å². The van der Waals surface area contributed by atoms with Gasteiger partial charge < -0.3 is 10.2 Å². The van der Waals surface area contributed by atoms with Crippen LogP contribution in [0.2, 0.25) is 0 Å². The van der Waals surface area contributed by atoms with Crippen LogP contribution in [-0.4, -0.2) is 41.0 Å². The first-order chi connectivity index (χ1) is 10.9. The zero-order valence-electron chi connectivity index (χ0n) is 13.3. The van der Waals surface area contributed by atoms with Gasteiger partial charge in [0.05, 0.1) is 10.6 Å². The molecule has 0 aromatic heterocycles. The molecular weight excluding hydrogens is 314 g/mol. The molecule has 1 amide bonds. The van der Waals surface area contributed by atoms with E-state index in [-0.39, 0.29) is 16.8 Å². The second-order valence-electron chi connectivity index (χ2n) is 5.72. The Balaban J connectivity index is 2.13. The summed E-state index contributed by atoms with van der Waals surface area (Å²) in [6.45, 7) is 2.18. The Labute approximate surface area is 135 Å². The van der Waals surface area contributed by atoms with Crippen LogP contribution in [0.25, 0.3) is 10.8 Å². The number of benzene rings is 2. The zero-order chi connectivity index (χ0) is 16.8. The minimum Gasteiger partial charge on any atom is -0.316 e. The van der Waals surface area contributed by atoms with Crippen molar-refractivity contribution in [1.82, 2.24) is 10.0 Å². The van der Waals surface area contributed by atoms with Crippen molar-refractivity contribution in [2.24, 2.45) is 0 Å². The van der Waals surface area contributed by atoms with E-state index in [0.29, 0.717) is 22.9 Å². The number of nitrogens with zero attached hydrogens (tertiary/aromatic N) is 1. The highest BCUT2D eigenvalue weighted by Gasteiger charge is 2.29. The molecule has 0 saturated carbocycles. The highest BCUT2D eigenvalue weighted by molar-refractivity contribution is 7.89. The van der Waals surface area contributed by atoms with Crippen LogP contribution in [-0.2, 0) is 10.0 Å². The van der Waals surface area contributed by atoms with E-state index in [0.717, 1.165) is 5.69 Å². The molecule has 0 radical (unpaired) electrons. The van der Waals surface area contributed by atoms with Gasteiger partial charge in [-0.1, -0.05) is 12.1 Å². The average molecular weight is 333 g/mol. The van der Waals surface area contributed by atoms with Crippen molar-refractivity contribution in [3.05, 3.63) is 35.9 Å². The summed E-state index contributed by atoms with van der Waals surface area (Å²) in [5, 5.41) is 4.26. The van der Waals surface area contributed by atoms with Gasteiger partial charge in [0.15, 0.2) is 0 Å². The molecule has 122 valence electrons. The highest BCUT2D eigenvalue weighted by Crippen LogP contribution is 2.39. The van der Waals surface area contributed by atoms with Crippen LogP contribution in [0.3, 0.4) is 0 Å². The number of amides is 1. The number of hydrogen-bond acceptors (Lipinski definition) is 4. The molecule has 3 rings (SSSR count). The quantitative estimate of drug-likeness (QED) is 0.865. The molecule has 23 heavy (non-hydrogen) atoms. The summed E-state index contributed by atoms with van der Waals surface area (Å²) in [5.41, 5.74) is 1.28. The Morgan fingerprint density at radius 3 is 2.65 bits per heavy atom. The number of hydrogen-bond donors (Lipinski definition) is 2. The first-order valence-corrected chi connectivity index (χ1v) is 8.86. The van der Waals surface area contributed by atoms with E-state index in [2.05, 4.69) is 10.0 Å². The molecule has 2 N–H and O–H groups in total. The third kappa shape index (κ3) is 2.50. The van der Waals surface area contributed by atoms with E-state index in [1.165, 1.54) is 0 Å². The summed E-state index contributed by atoms with van der Waals surface area (Å²) in [5.74, 6) is -0.114. The highest BCUT2D eigenvalue weighted by atomic mass is 32.2. The van der Waals surface area contributed by atoms with Gasteiger partial charge in [0.1, 0.15) is 0 Å². The van der Waals surface area contributed by atoms with Gasteiger partial charge in [-0.05, 0) is 32.2 Å². The van der Waals surface area contributed by atoms with Crippen LogP contribution in [0.1, 0.15) is 17.3 Å². The van der Waals surface area contributed by atoms with Crippen LogP contribution in [0.4, 0.5) is 5.69 Å².